The van der Waals surface area contributed by atoms with Crippen molar-refractivity contribution in [3.05, 3.63) is 34.8 Å². The maximum absolute atomic E-state index is 9.82. The third-order valence-electron chi connectivity index (χ3n) is 2.50. The Hall–Kier alpha value is -1.20. The summed E-state index contributed by atoms with van der Waals surface area (Å²) in [5.74, 6) is 0.840. The molecule has 0 unspecified atom stereocenters. The number of pyridine rings is 1. The number of aromatic nitrogens is 3. The van der Waals surface area contributed by atoms with Crippen molar-refractivity contribution in [3.63, 3.8) is 0 Å². The molecule has 4 nitrogen and oxygen atoms in total. The van der Waals surface area contributed by atoms with Gasteiger partial charge in [-0.05, 0) is 41.9 Å². The van der Waals surface area contributed by atoms with Crippen LogP contribution in [0.4, 0.5) is 0 Å². The summed E-state index contributed by atoms with van der Waals surface area (Å²) in [6.07, 6.45) is 3.61. The summed E-state index contributed by atoms with van der Waals surface area (Å²) in [5, 5.41) is 9.82. The highest BCUT2D eigenvalue weighted by atomic mass is 79.9. The third-order valence-corrected chi connectivity index (χ3v) is 2.88. The fourth-order valence-corrected chi connectivity index (χ4v) is 2.06. The van der Waals surface area contributed by atoms with Crippen LogP contribution in [0.25, 0.3) is 11.4 Å². The van der Waals surface area contributed by atoms with E-state index in [2.05, 4.69) is 25.9 Å². The number of hydrogen-bond donors (Lipinski definition) is 1. The van der Waals surface area contributed by atoms with Gasteiger partial charge in [0, 0.05) is 25.0 Å². The molecule has 2 aromatic heterocycles. The summed E-state index contributed by atoms with van der Waals surface area (Å²) in [4.78, 5) is 8.61. The van der Waals surface area contributed by atoms with Gasteiger partial charge in [-0.2, -0.15) is 0 Å². The molecule has 0 fully saturated rings. The van der Waals surface area contributed by atoms with Gasteiger partial charge in [0.1, 0.15) is 16.0 Å². The Balaban J connectivity index is 2.39. The number of imidazole rings is 1. The van der Waals surface area contributed by atoms with Crippen molar-refractivity contribution in [2.24, 2.45) is 7.05 Å². The number of rotatable bonds is 2. The number of aryl methyl sites for hydroxylation is 1. The summed E-state index contributed by atoms with van der Waals surface area (Å²) in [7, 11) is 1.93. The van der Waals surface area contributed by atoms with E-state index in [9.17, 15) is 5.11 Å². The lowest BCUT2D eigenvalue weighted by molar-refractivity contribution is 0.0739. The zero-order valence-electron chi connectivity index (χ0n) is 9.98. The normalized spacial score (nSPS) is 11.8. The summed E-state index contributed by atoms with van der Waals surface area (Å²) < 4.78 is 2.71. The molecule has 0 aliphatic rings. The minimum Gasteiger partial charge on any atom is -0.384 e. The van der Waals surface area contributed by atoms with Crippen molar-refractivity contribution in [1.82, 2.24) is 14.5 Å². The predicted octanol–water partition coefficient (Wildman–Crippen LogP) is 2.47. The van der Waals surface area contributed by atoms with Crippen molar-refractivity contribution in [2.45, 2.75) is 19.4 Å². The second-order valence-electron chi connectivity index (χ2n) is 4.49. The molecule has 5 heteroatoms. The van der Waals surface area contributed by atoms with Crippen molar-refractivity contribution in [3.8, 4) is 11.4 Å². The molecule has 0 aliphatic heterocycles. The van der Waals surface area contributed by atoms with E-state index in [4.69, 9.17) is 0 Å². The average Bonchev–Trinajstić information content (AvgIpc) is 2.57. The average molecular weight is 296 g/mol. The number of nitrogens with zero attached hydrogens (tertiary/aromatic N) is 3. The van der Waals surface area contributed by atoms with E-state index in [0.29, 0.717) is 5.69 Å². The van der Waals surface area contributed by atoms with Gasteiger partial charge in [-0.25, -0.2) is 4.98 Å². The molecule has 0 aliphatic carbocycles. The van der Waals surface area contributed by atoms with Crippen LogP contribution in [0.5, 0.6) is 0 Å². The van der Waals surface area contributed by atoms with Crippen molar-refractivity contribution in [1.29, 1.82) is 0 Å². The molecule has 0 aromatic carbocycles. The molecule has 90 valence electrons. The Morgan fingerprint density at radius 1 is 1.35 bits per heavy atom. The molecule has 2 rings (SSSR count). The molecule has 17 heavy (non-hydrogen) atoms. The van der Waals surface area contributed by atoms with Crippen LogP contribution in [0.2, 0.25) is 0 Å². The van der Waals surface area contributed by atoms with Crippen molar-refractivity contribution >= 4 is 15.9 Å². The molecule has 0 atom stereocenters. The fraction of sp³-hybridized carbons (Fsp3) is 0.333. The van der Waals surface area contributed by atoms with Gasteiger partial charge in [0.25, 0.3) is 0 Å². The number of aliphatic hydroxyl groups is 1. The van der Waals surface area contributed by atoms with Crippen LogP contribution < -0.4 is 0 Å². The van der Waals surface area contributed by atoms with Gasteiger partial charge in [0.2, 0.25) is 0 Å². The van der Waals surface area contributed by atoms with Crippen LogP contribution in [-0.2, 0) is 12.6 Å². The molecular formula is C12H14BrN3O. The molecule has 0 amide bonds. The molecule has 2 heterocycles. The zero-order chi connectivity index (χ0) is 12.6. The van der Waals surface area contributed by atoms with Gasteiger partial charge >= 0.3 is 0 Å². The smallest absolute Gasteiger partial charge is 0.142 e. The van der Waals surface area contributed by atoms with Crippen molar-refractivity contribution in [2.75, 3.05) is 0 Å². The standard InChI is InChI=1S/C12H14BrN3O/c1-12(2,17)9-5-4-8(6-14-9)11-15-10(13)7-16(11)3/h4-7,17H,1-3H3. The molecule has 1 N–H and O–H groups in total. The van der Waals surface area contributed by atoms with E-state index in [-0.39, 0.29) is 0 Å². The minimum absolute atomic E-state index is 0.648. The monoisotopic (exact) mass is 295 g/mol. The summed E-state index contributed by atoms with van der Waals surface area (Å²) >= 11 is 3.33. The predicted molar refractivity (Wildman–Crippen MR) is 69.4 cm³/mol. The van der Waals surface area contributed by atoms with Crippen LogP contribution in [0.15, 0.2) is 29.1 Å². The highest BCUT2D eigenvalue weighted by Crippen LogP contribution is 2.22. The first-order valence-electron chi connectivity index (χ1n) is 5.26. The van der Waals surface area contributed by atoms with Crippen LogP contribution in [0.1, 0.15) is 19.5 Å². The molecule has 0 spiro atoms. The maximum Gasteiger partial charge on any atom is 0.142 e. The van der Waals surface area contributed by atoms with Gasteiger partial charge in [-0.1, -0.05) is 0 Å². The van der Waals surface area contributed by atoms with Crippen LogP contribution in [0, 0.1) is 0 Å². The second kappa shape index (κ2) is 4.23. The summed E-state index contributed by atoms with van der Waals surface area (Å²) in [5.41, 5.74) is 0.654. The quantitative estimate of drug-likeness (QED) is 0.926. The van der Waals surface area contributed by atoms with Gasteiger partial charge in [-0.3, -0.25) is 4.98 Å². The Bertz CT molecular complexity index is 526. The molecule has 0 bridgehead atoms. The van der Waals surface area contributed by atoms with E-state index in [1.54, 1.807) is 20.0 Å². The first-order chi connectivity index (χ1) is 7.88. The first kappa shape index (κ1) is 12.3. The van der Waals surface area contributed by atoms with E-state index in [0.717, 1.165) is 16.0 Å². The lowest BCUT2D eigenvalue weighted by Gasteiger charge is -2.16. The molecule has 0 radical (unpaired) electrons. The highest BCUT2D eigenvalue weighted by molar-refractivity contribution is 9.10. The summed E-state index contributed by atoms with van der Waals surface area (Å²) in [6.45, 7) is 3.43. The second-order valence-corrected chi connectivity index (χ2v) is 5.30. The zero-order valence-corrected chi connectivity index (χ0v) is 11.6. The fourth-order valence-electron chi connectivity index (χ4n) is 1.59. The van der Waals surface area contributed by atoms with Crippen LogP contribution in [-0.4, -0.2) is 19.6 Å². The lowest BCUT2D eigenvalue weighted by Crippen LogP contribution is -2.17. The number of halogens is 1. The van der Waals surface area contributed by atoms with E-state index in [1.165, 1.54) is 0 Å². The molecular weight excluding hydrogens is 282 g/mol. The van der Waals surface area contributed by atoms with Crippen LogP contribution >= 0.6 is 15.9 Å². The minimum atomic E-state index is -0.916. The Morgan fingerprint density at radius 3 is 2.47 bits per heavy atom. The molecule has 0 saturated carbocycles. The van der Waals surface area contributed by atoms with E-state index >= 15 is 0 Å². The maximum atomic E-state index is 9.82. The van der Waals surface area contributed by atoms with Crippen molar-refractivity contribution < 1.29 is 5.11 Å². The molecule has 2 aromatic rings. The van der Waals surface area contributed by atoms with Crippen LogP contribution in [0.3, 0.4) is 0 Å². The highest BCUT2D eigenvalue weighted by Gasteiger charge is 2.17. The number of hydrogen-bond acceptors (Lipinski definition) is 3. The first-order valence-corrected chi connectivity index (χ1v) is 6.05. The largest absolute Gasteiger partial charge is 0.384 e. The topological polar surface area (TPSA) is 50.9 Å². The Morgan fingerprint density at radius 2 is 2.06 bits per heavy atom. The Labute approximate surface area is 108 Å². The van der Waals surface area contributed by atoms with Gasteiger partial charge in [0.05, 0.1) is 5.69 Å². The van der Waals surface area contributed by atoms with E-state index in [1.807, 2.05) is 29.9 Å². The Kier molecular flexibility index (Phi) is 3.05. The third kappa shape index (κ3) is 2.56. The van der Waals surface area contributed by atoms with Gasteiger partial charge in [0.15, 0.2) is 0 Å². The van der Waals surface area contributed by atoms with Gasteiger partial charge in [-0.15, -0.1) is 0 Å². The van der Waals surface area contributed by atoms with Gasteiger partial charge < -0.3 is 9.67 Å². The molecule has 0 saturated heterocycles. The lowest BCUT2D eigenvalue weighted by atomic mass is 10.0. The summed E-state index contributed by atoms with van der Waals surface area (Å²) in [6, 6.07) is 3.73. The SMILES string of the molecule is Cn1cc(Br)nc1-c1ccc(C(C)(C)O)nc1. The van der Waals surface area contributed by atoms with E-state index < -0.39 is 5.60 Å².